The first-order valence-electron chi connectivity index (χ1n) is 5.91. The van der Waals surface area contributed by atoms with Crippen molar-refractivity contribution in [2.24, 2.45) is 0 Å². The van der Waals surface area contributed by atoms with Crippen molar-refractivity contribution in [2.75, 3.05) is 11.9 Å². The molecule has 0 bridgehead atoms. The maximum atomic E-state index is 4.44. The molecule has 1 spiro atoms. The molecule has 3 rings (SSSR count). The molecular formula is C12H16BrN3. The molecule has 2 heterocycles. The average molecular weight is 282 g/mol. The molecule has 4 heteroatoms. The van der Waals surface area contributed by atoms with Gasteiger partial charge < -0.3 is 10.6 Å². The van der Waals surface area contributed by atoms with Gasteiger partial charge in [-0.3, -0.25) is 0 Å². The molecule has 2 N–H and O–H groups in total. The van der Waals surface area contributed by atoms with E-state index < -0.39 is 0 Å². The Kier molecular flexibility index (Phi) is 2.64. The predicted octanol–water partition coefficient (Wildman–Crippen LogP) is 2.67. The molecule has 86 valence electrons. The SMILES string of the molecule is Brc1cnc2c(c1)CNC1(CCCC1)CN2. The van der Waals surface area contributed by atoms with Gasteiger partial charge in [0.1, 0.15) is 5.82 Å². The van der Waals surface area contributed by atoms with Crippen molar-refractivity contribution in [1.82, 2.24) is 10.3 Å². The zero-order valence-electron chi connectivity index (χ0n) is 9.22. The minimum absolute atomic E-state index is 0.313. The van der Waals surface area contributed by atoms with E-state index in [1.165, 1.54) is 31.2 Å². The second-order valence-electron chi connectivity index (χ2n) is 4.86. The maximum absolute atomic E-state index is 4.44. The van der Waals surface area contributed by atoms with Crippen LogP contribution in [0.15, 0.2) is 16.7 Å². The highest BCUT2D eigenvalue weighted by atomic mass is 79.9. The smallest absolute Gasteiger partial charge is 0.130 e. The lowest BCUT2D eigenvalue weighted by atomic mass is 9.98. The van der Waals surface area contributed by atoms with Crippen LogP contribution < -0.4 is 10.6 Å². The van der Waals surface area contributed by atoms with E-state index in [4.69, 9.17) is 0 Å². The zero-order chi connectivity index (χ0) is 11.0. The number of aromatic nitrogens is 1. The Morgan fingerprint density at radius 1 is 1.31 bits per heavy atom. The standard InChI is InChI=1S/C12H16BrN3/c13-10-5-9-6-16-12(3-1-2-4-12)8-15-11(9)14-7-10/h5,7,16H,1-4,6,8H2,(H,14,15). The molecule has 2 aliphatic rings. The third-order valence-electron chi connectivity index (χ3n) is 3.74. The second-order valence-corrected chi connectivity index (χ2v) is 5.77. The first kappa shape index (κ1) is 10.5. The first-order chi connectivity index (χ1) is 7.77. The predicted molar refractivity (Wildman–Crippen MR) is 68.5 cm³/mol. The quantitative estimate of drug-likeness (QED) is 0.768. The fraction of sp³-hybridized carbons (Fsp3) is 0.583. The third-order valence-corrected chi connectivity index (χ3v) is 4.18. The minimum Gasteiger partial charge on any atom is -0.368 e. The number of halogens is 1. The molecule has 1 aliphatic heterocycles. The van der Waals surface area contributed by atoms with E-state index in [9.17, 15) is 0 Å². The summed E-state index contributed by atoms with van der Waals surface area (Å²) in [5.41, 5.74) is 1.57. The summed E-state index contributed by atoms with van der Waals surface area (Å²) >= 11 is 3.47. The zero-order valence-corrected chi connectivity index (χ0v) is 10.8. The molecule has 0 aromatic carbocycles. The van der Waals surface area contributed by atoms with E-state index in [1.807, 2.05) is 6.20 Å². The van der Waals surface area contributed by atoms with Gasteiger partial charge in [0.15, 0.2) is 0 Å². The molecule has 16 heavy (non-hydrogen) atoms. The van der Waals surface area contributed by atoms with E-state index in [2.05, 4.69) is 37.6 Å². The van der Waals surface area contributed by atoms with E-state index in [0.717, 1.165) is 23.4 Å². The summed E-state index contributed by atoms with van der Waals surface area (Å²) in [6.07, 6.45) is 7.13. The van der Waals surface area contributed by atoms with E-state index in [0.29, 0.717) is 5.54 Å². The number of hydrogen-bond acceptors (Lipinski definition) is 3. The van der Waals surface area contributed by atoms with Crippen LogP contribution in [0.3, 0.4) is 0 Å². The molecular weight excluding hydrogens is 266 g/mol. The summed E-state index contributed by atoms with van der Waals surface area (Å²) in [7, 11) is 0. The van der Waals surface area contributed by atoms with Crippen molar-refractivity contribution in [3.8, 4) is 0 Å². The Labute approximate surface area is 104 Å². The summed E-state index contributed by atoms with van der Waals surface area (Å²) in [5, 5.41) is 7.21. The molecule has 1 saturated carbocycles. The molecule has 0 atom stereocenters. The van der Waals surface area contributed by atoms with Gasteiger partial charge in [0.05, 0.1) is 0 Å². The minimum atomic E-state index is 0.313. The van der Waals surface area contributed by atoms with E-state index >= 15 is 0 Å². The lowest BCUT2D eigenvalue weighted by Crippen LogP contribution is -2.46. The fourth-order valence-corrected chi connectivity index (χ4v) is 3.16. The Morgan fingerprint density at radius 3 is 2.94 bits per heavy atom. The van der Waals surface area contributed by atoms with Crippen LogP contribution in [-0.4, -0.2) is 17.1 Å². The van der Waals surface area contributed by atoms with Gasteiger partial charge >= 0.3 is 0 Å². The normalized spacial score (nSPS) is 22.6. The molecule has 1 aliphatic carbocycles. The lowest BCUT2D eigenvalue weighted by Gasteiger charge is -2.28. The van der Waals surface area contributed by atoms with Gasteiger partial charge in [-0.05, 0) is 34.8 Å². The van der Waals surface area contributed by atoms with Crippen LogP contribution >= 0.6 is 15.9 Å². The van der Waals surface area contributed by atoms with Crippen molar-refractivity contribution < 1.29 is 0 Å². The Morgan fingerprint density at radius 2 is 2.12 bits per heavy atom. The number of fused-ring (bicyclic) bond motifs is 1. The van der Waals surface area contributed by atoms with Crippen LogP contribution in [0.4, 0.5) is 5.82 Å². The Hall–Kier alpha value is -0.610. The number of anilines is 1. The molecule has 1 aromatic rings. The summed E-state index contributed by atoms with van der Waals surface area (Å²) in [5.74, 6) is 1.04. The summed E-state index contributed by atoms with van der Waals surface area (Å²) in [6, 6.07) is 2.15. The van der Waals surface area contributed by atoms with Crippen LogP contribution in [-0.2, 0) is 6.54 Å². The van der Waals surface area contributed by atoms with Crippen LogP contribution in [0, 0.1) is 0 Å². The maximum Gasteiger partial charge on any atom is 0.130 e. The summed E-state index contributed by atoms with van der Waals surface area (Å²) in [4.78, 5) is 4.44. The average Bonchev–Trinajstić information content (AvgIpc) is 2.66. The first-order valence-corrected chi connectivity index (χ1v) is 6.70. The highest BCUT2D eigenvalue weighted by Gasteiger charge is 2.34. The number of nitrogens with zero attached hydrogens (tertiary/aromatic N) is 1. The van der Waals surface area contributed by atoms with Crippen LogP contribution in [0.2, 0.25) is 0 Å². The van der Waals surface area contributed by atoms with E-state index in [-0.39, 0.29) is 0 Å². The molecule has 0 unspecified atom stereocenters. The summed E-state index contributed by atoms with van der Waals surface area (Å²) < 4.78 is 1.05. The van der Waals surface area contributed by atoms with Crippen molar-refractivity contribution in [2.45, 2.75) is 37.8 Å². The van der Waals surface area contributed by atoms with Gasteiger partial charge in [-0.1, -0.05) is 12.8 Å². The monoisotopic (exact) mass is 281 g/mol. The van der Waals surface area contributed by atoms with Gasteiger partial charge in [0.2, 0.25) is 0 Å². The number of rotatable bonds is 0. The number of nitrogens with one attached hydrogen (secondary N) is 2. The number of pyridine rings is 1. The molecule has 3 nitrogen and oxygen atoms in total. The van der Waals surface area contributed by atoms with Crippen molar-refractivity contribution >= 4 is 21.7 Å². The fourth-order valence-electron chi connectivity index (χ4n) is 2.78. The molecule has 0 amide bonds. The molecule has 1 fully saturated rings. The largest absolute Gasteiger partial charge is 0.368 e. The van der Waals surface area contributed by atoms with Gasteiger partial charge in [0.25, 0.3) is 0 Å². The van der Waals surface area contributed by atoms with Crippen molar-refractivity contribution in [3.63, 3.8) is 0 Å². The van der Waals surface area contributed by atoms with Gasteiger partial charge in [-0.25, -0.2) is 4.98 Å². The van der Waals surface area contributed by atoms with Crippen molar-refractivity contribution in [1.29, 1.82) is 0 Å². The lowest BCUT2D eigenvalue weighted by molar-refractivity contribution is 0.354. The third kappa shape index (κ3) is 1.84. The molecule has 1 aromatic heterocycles. The second kappa shape index (κ2) is 4.00. The van der Waals surface area contributed by atoms with Crippen LogP contribution in [0.5, 0.6) is 0 Å². The number of hydrogen-bond donors (Lipinski definition) is 2. The van der Waals surface area contributed by atoms with Crippen molar-refractivity contribution in [3.05, 3.63) is 22.3 Å². The molecule has 0 radical (unpaired) electrons. The highest BCUT2D eigenvalue weighted by molar-refractivity contribution is 9.10. The van der Waals surface area contributed by atoms with Crippen LogP contribution in [0.25, 0.3) is 0 Å². The van der Waals surface area contributed by atoms with Gasteiger partial charge in [0, 0.05) is 34.9 Å². The van der Waals surface area contributed by atoms with Crippen LogP contribution in [0.1, 0.15) is 31.2 Å². The highest BCUT2D eigenvalue weighted by Crippen LogP contribution is 2.33. The molecule has 0 saturated heterocycles. The van der Waals surface area contributed by atoms with E-state index in [1.54, 1.807) is 0 Å². The Balaban J connectivity index is 1.86. The summed E-state index contributed by atoms with van der Waals surface area (Å²) in [6.45, 7) is 1.93. The topological polar surface area (TPSA) is 37.0 Å². The Bertz CT molecular complexity index is 399. The van der Waals surface area contributed by atoms with Gasteiger partial charge in [-0.15, -0.1) is 0 Å². The van der Waals surface area contributed by atoms with Gasteiger partial charge in [-0.2, -0.15) is 0 Å².